The Kier molecular flexibility index (Phi) is 3.99. The Labute approximate surface area is 131 Å². The molecule has 22 heavy (non-hydrogen) atoms. The second-order valence-corrected chi connectivity index (χ2v) is 6.41. The zero-order valence-electron chi connectivity index (χ0n) is 12.8. The lowest BCUT2D eigenvalue weighted by Crippen LogP contribution is -2.49. The van der Waals surface area contributed by atoms with Crippen molar-refractivity contribution in [1.82, 2.24) is 5.32 Å². The number of aromatic carboxylic acids is 1. The normalized spacial score (nSPS) is 23.8. The van der Waals surface area contributed by atoms with Crippen LogP contribution in [0.2, 0.25) is 0 Å². The number of nitrogens with one attached hydrogen (secondary N) is 1. The Balaban J connectivity index is 1.51. The van der Waals surface area contributed by atoms with Crippen LogP contribution in [-0.2, 0) is 12.0 Å². The fraction of sp³-hybridized carbons (Fsp3) is 0.316. The highest BCUT2D eigenvalue weighted by atomic mass is 16.4. The fourth-order valence-electron chi connectivity index (χ4n) is 3.28. The van der Waals surface area contributed by atoms with Gasteiger partial charge in [-0.2, -0.15) is 0 Å². The monoisotopic (exact) mass is 295 g/mol. The van der Waals surface area contributed by atoms with E-state index in [2.05, 4.69) is 42.6 Å². The average molecular weight is 295 g/mol. The van der Waals surface area contributed by atoms with Crippen LogP contribution < -0.4 is 5.32 Å². The second-order valence-electron chi connectivity index (χ2n) is 6.41. The van der Waals surface area contributed by atoms with E-state index < -0.39 is 5.97 Å². The molecule has 0 unspecified atom stereocenters. The van der Waals surface area contributed by atoms with E-state index in [4.69, 9.17) is 5.11 Å². The minimum Gasteiger partial charge on any atom is -0.478 e. The first-order valence-electron chi connectivity index (χ1n) is 7.68. The molecule has 3 heteroatoms. The molecule has 1 fully saturated rings. The van der Waals surface area contributed by atoms with Crippen molar-refractivity contribution in [3.05, 3.63) is 71.3 Å². The summed E-state index contributed by atoms with van der Waals surface area (Å²) in [7, 11) is 0. The number of carbonyl (C=O) groups is 1. The van der Waals surface area contributed by atoms with Crippen molar-refractivity contribution in [3.63, 3.8) is 0 Å². The Bertz CT molecular complexity index is 643. The predicted molar refractivity (Wildman–Crippen MR) is 87.1 cm³/mol. The molecule has 0 aromatic heterocycles. The van der Waals surface area contributed by atoms with Gasteiger partial charge in [-0.25, -0.2) is 4.79 Å². The van der Waals surface area contributed by atoms with Crippen LogP contribution in [0.25, 0.3) is 0 Å². The molecule has 0 spiro atoms. The van der Waals surface area contributed by atoms with Gasteiger partial charge in [-0.05, 0) is 41.5 Å². The molecule has 2 aromatic rings. The first-order chi connectivity index (χ1) is 10.6. The van der Waals surface area contributed by atoms with Gasteiger partial charge in [0.2, 0.25) is 0 Å². The van der Waals surface area contributed by atoms with E-state index >= 15 is 0 Å². The third kappa shape index (κ3) is 3.04. The summed E-state index contributed by atoms with van der Waals surface area (Å²) in [4.78, 5) is 10.8. The maximum atomic E-state index is 10.8. The van der Waals surface area contributed by atoms with Gasteiger partial charge in [0.15, 0.2) is 0 Å². The van der Waals surface area contributed by atoms with Crippen LogP contribution in [0.5, 0.6) is 0 Å². The molecule has 114 valence electrons. The first-order valence-corrected chi connectivity index (χ1v) is 7.68. The van der Waals surface area contributed by atoms with Gasteiger partial charge in [-0.15, -0.1) is 0 Å². The first kappa shape index (κ1) is 14.8. The Morgan fingerprint density at radius 3 is 2.36 bits per heavy atom. The van der Waals surface area contributed by atoms with E-state index in [1.807, 2.05) is 12.1 Å². The lowest BCUT2D eigenvalue weighted by molar-refractivity contribution is 0.0697. The smallest absolute Gasteiger partial charge is 0.335 e. The van der Waals surface area contributed by atoms with E-state index in [0.29, 0.717) is 11.6 Å². The molecule has 0 bridgehead atoms. The number of rotatable bonds is 5. The molecule has 1 saturated carbocycles. The molecule has 0 aliphatic heterocycles. The lowest BCUT2D eigenvalue weighted by atomic mass is 9.63. The highest BCUT2D eigenvalue weighted by Crippen LogP contribution is 2.43. The van der Waals surface area contributed by atoms with Crippen molar-refractivity contribution in [2.75, 3.05) is 0 Å². The molecule has 0 amide bonds. The van der Waals surface area contributed by atoms with Crippen LogP contribution in [0.15, 0.2) is 54.6 Å². The van der Waals surface area contributed by atoms with Crippen molar-refractivity contribution < 1.29 is 9.90 Å². The second kappa shape index (κ2) is 5.93. The summed E-state index contributed by atoms with van der Waals surface area (Å²) in [6.45, 7) is 3.11. The van der Waals surface area contributed by atoms with Gasteiger partial charge in [0.25, 0.3) is 0 Å². The molecular formula is C19H21NO2. The lowest BCUT2D eigenvalue weighted by Gasteiger charge is -2.46. The Hall–Kier alpha value is -2.13. The van der Waals surface area contributed by atoms with Crippen molar-refractivity contribution in [3.8, 4) is 0 Å². The predicted octanol–water partition coefficient (Wildman–Crippen LogP) is 3.59. The van der Waals surface area contributed by atoms with E-state index in [9.17, 15) is 4.79 Å². The summed E-state index contributed by atoms with van der Waals surface area (Å²) in [6, 6.07) is 18.3. The molecule has 2 aromatic carbocycles. The number of benzene rings is 2. The van der Waals surface area contributed by atoms with Crippen molar-refractivity contribution in [2.45, 2.75) is 37.8 Å². The SMILES string of the molecule is CC1(c2ccccc2)CC(NCc2ccc(C(=O)O)cc2)C1. The van der Waals surface area contributed by atoms with Crippen LogP contribution >= 0.6 is 0 Å². The van der Waals surface area contributed by atoms with Crippen molar-refractivity contribution in [2.24, 2.45) is 0 Å². The molecule has 0 saturated heterocycles. The molecule has 0 atom stereocenters. The molecule has 2 N–H and O–H groups in total. The Morgan fingerprint density at radius 1 is 1.14 bits per heavy atom. The van der Waals surface area contributed by atoms with Gasteiger partial charge in [-0.1, -0.05) is 49.4 Å². The van der Waals surface area contributed by atoms with E-state index in [1.54, 1.807) is 12.1 Å². The molecule has 1 aliphatic rings. The summed E-state index contributed by atoms with van der Waals surface area (Å²) in [5.41, 5.74) is 3.16. The molecule has 3 nitrogen and oxygen atoms in total. The van der Waals surface area contributed by atoms with Crippen LogP contribution in [0, 0.1) is 0 Å². The van der Waals surface area contributed by atoms with Gasteiger partial charge in [0, 0.05) is 12.6 Å². The molecule has 1 aliphatic carbocycles. The van der Waals surface area contributed by atoms with Crippen LogP contribution in [0.4, 0.5) is 0 Å². The molecular weight excluding hydrogens is 274 g/mol. The summed E-state index contributed by atoms with van der Waals surface area (Å²) in [5.74, 6) is -0.878. The van der Waals surface area contributed by atoms with Gasteiger partial charge in [0.1, 0.15) is 0 Å². The molecule has 0 heterocycles. The number of carboxylic acids is 1. The molecule has 0 radical (unpaired) electrons. The van der Waals surface area contributed by atoms with Crippen molar-refractivity contribution in [1.29, 1.82) is 0 Å². The number of hydrogen-bond acceptors (Lipinski definition) is 2. The third-order valence-corrected chi connectivity index (χ3v) is 4.66. The van der Waals surface area contributed by atoms with Crippen LogP contribution in [0.1, 0.15) is 41.3 Å². The van der Waals surface area contributed by atoms with Gasteiger partial charge in [0.05, 0.1) is 5.56 Å². The summed E-state index contributed by atoms with van der Waals surface area (Å²) < 4.78 is 0. The third-order valence-electron chi connectivity index (χ3n) is 4.66. The van der Waals surface area contributed by atoms with Crippen LogP contribution in [-0.4, -0.2) is 17.1 Å². The minimum absolute atomic E-state index is 0.284. The standard InChI is InChI=1S/C19H21NO2/c1-19(16-5-3-2-4-6-16)11-17(12-19)20-13-14-7-9-15(10-8-14)18(21)22/h2-10,17,20H,11-13H2,1H3,(H,21,22). The summed E-state index contributed by atoms with van der Waals surface area (Å²) in [6.07, 6.45) is 2.29. The average Bonchev–Trinajstić information content (AvgIpc) is 2.51. The largest absolute Gasteiger partial charge is 0.478 e. The maximum absolute atomic E-state index is 10.8. The van der Waals surface area contributed by atoms with E-state index in [1.165, 1.54) is 5.56 Å². The number of hydrogen-bond donors (Lipinski definition) is 2. The van der Waals surface area contributed by atoms with Gasteiger partial charge in [-0.3, -0.25) is 0 Å². The van der Waals surface area contributed by atoms with E-state index in [0.717, 1.165) is 24.9 Å². The maximum Gasteiger partial charge on any atom is 0.335 e. The highest BCUT2D eigenvalue weighted by molar-refractivity contribution is 5.87. The van der Waals surface area contributed by atoms with Crippen molar-refractivity contribution >= 4 is 5.97 Å². The quantitative estimate of drug-likeness (QED) is 0.886. The minimum atomic E-state index is -0.878. The van der Waals surface area contributed by atoms with Gasteiger partial charge >= 0.3 is 5.97 Å². The summed E-state index contributed by atoms with van der Waals surface area (Å²) in [5, 5.41) is 12.5. The van der Waals surface area contributed by atoms with E-state index in [-0.39, 0.29) is 5.41 Å². The number of carboxylic acid groups (broad SMARTS) is 1. The molecule has 3 rings (SSSR count). The fourth-order valence-corrected chi connectivity index (χ4v) is 3.28. The topological polar surface area (TPSA) is 49.3 Å². The van der Waals surface area contributed by atoms with Gasteiger partial charge < -0.3 is 10.4 Å². The highest BCUT2D eigenvalue weighted by Gasteiger charge is 2.40. The summed E-state index contributed by atoms with van der Waals surface area (Å²) >= 11 is 0. The Morgan fingerprint density at radius 2 is 1.77 bits per heavy atom. The zero-order chi connectivity index (χ0) is 15.6. The van der Waals surface area contributed by atoms with Crippen LogP contribution in [0.3, 0.4) is 0 Å². The zero-order valence-corrected chi connectivity index (χ0v) is 12.8.